The maximum absolute atomic E-state index is 6.37. The molecule has 1 heterocycles. The van der Waals surface area contributed by atoms with Gasteiger partial charge in [0.25, 0.3) is 0 Å². The van der Waals surface area contributed by atoms with Crippen LogP contribution in [0.1, 0.15) is 16.7 Å². The Hall–Kier alpha value is -2.16. The van der Waals surface area contributed by atoms with E-state index in [0.29, 0.717) is 0 Å². The van der Waals surface area contributed by atoms with Crippen LogP contribution >= 0.6 is 23.4 Å². The summed E-state index contributed by atoms with van der Waals surface area (Å²) >= 11 is 8.26. The molecule has 3 aromatic carbocycles. The van der Waals surface area contributed by atoms with E-state index in [4.69, 9.17) is 11.6 Å². The van der Waals surface area contributed by atoms with Crippen molar-refractivity contribution in [3.63, 3.8) is 0 Å². The third-order valence-corrected chi connectivity index (χ3v) is 6.05. The van der Waals surface area contributed by atoms with E-state index in [1.165, 1.54) is 26.9 Å². The van der Waals surface area contributed by atoms with Crippen molar-refractivity contribution in [2.75, 3.05) is 0 Å². The van der Waals surface area contributed by atoms with Gasteiger partial charge < -0.3 is 4.57 Å². The highest BCUT2D eigenvalue weighted by atomic mass is 35.5. The van der Waals surface area contributed by atoms with Gasteiger partial charge in [-0.05, 0) is 30.2 Å². The summed E-state index contributed by atoms with van der Waals surface area (Å²) in [6, 6.07) is 25.4. The molecule has 0 fully saturated rings. The first-order chi connectivity index (χ1) is 12.7. The lowest BCUT2D eigenvalue weighted by Crippen LogP contribution is -1.98. The molecule has 0 unspecified atom stereocenters. The van der Waals surface area contributed by atoms with Crippen LogP contribution in [0.15, 0.2) is 83.9 Å². The maximum atomic E-state index is 6.37. The largest absolute Gasteiger partial charge is 0.342 e. The van der Waals surface area contributed by atoms with Crippen molar-refractivity contribution in [1.82, 2.24) is 4.57 Å². The molecule has 0 bridgehead atoms. The van der Waals surface area contributed by atoms with Crippen molar-refractivity contribution in [3.8, 4) is 0 Å². The Balaban J connectivity index is 1.63. The van der Waals surface area contributed by atoms with Crippen LogP contribution in [0, 0.1) is 6.92 Å². The van der Waals surface area contributed by atoms with Gasteiger partial charge in [0.15, 0.2) is 0 Å². The minimum absolute atomic E-state index is 0.783. The van der Waals surface area contributed by atoms with E-state index in [1.807, 2.05) is 30.0 Å². The van der Waals surface area contributed by atoms with E-state index in [-0.39, 0.29) is 0 Å². The number of hydrogen-bond acceptors (Lipinski definition) is 1. The second kappa shape index (κ2) is 7.61. The number of aromatic nitrogens is 1. The molecule has 4 rings (SSSR count). The average Bonchev–Trinajstić information content (AvgIpc) is 3.01. The Morgan fingerprint density at radius 2 is 1.62 bits per heavy atom. The molecule has 0 spiro atoms. The monoisotopic (exact) mass is 377 g/mol. The Labute approximate surface area is 163 Å². The molecule has 1 aromatic heterocycles. The highest BCUT2D eigenvalue weighted by molar-refractivity contribution is 7.98. The first kappa shape index (κ1) is 17.3. The Morgan fingerprint density at radius 3 is 2.42 bits per heavy atom. The number of para-hydroxylation sites is 1. The summed E-state index contributed by atoms with van der Waals surface area (Å²) in [7, 11) is 0. The topological polar surface area (TPSA) is 4.93 Å². The molecule has 0 aliphatic rings. The Bertz CT molecular complexity index is 1030. The molecule has 0 atom stereocenters. The van der Waals surface area contributed by atoms with Gasteiger partial charge in [0.05, 0.1) is 0 Å². The van der Waals surface area contributed by atoms with Crippen LogP contribution < -0.4 is 0 Å². The van der Waals surface area contributed by atoms with Crippen molar-refractivity contribution in [1.29, 1.82) is 0 Å². The lowest BCUT2D eigenvalue weighted by Gasteiger charge is -2.07. The van der Waals surface area contributed by atoms with Gasteiger partial charge in [-0.25, -0.2) is 0 Å². The molecule has 1 nitrogen and oxygen atoms in total. The summed E-state index contributed by atoms with van der Waals surface area (Å²) in [4.78, 5) is 1.31. The van der Waals surface area contributed by atoms with Crippen molar-refractivity contribution >= 4 is 34.3 Å². The van der Waals surface area contributed by atoms with Crippen molar-refractivity contribution < 1.29 is 0 Å². The maximum Gasteiger partial charge on any atom is 0.0495 e. The van der Waals surface area contributed by atoms with Gasteiger partial charge in [-0.2, -0.15) is 0 Å². The average molecular weight is 378 g/mol. The van der Waals surface area contributed by atoms with E-state index in [1.54, 1.807) is 0 Å². The van der Waals surface area contributed by atoms with E-state index in [2.05, 4.69) is 72.3 Å². The van der Waals surface area contributed by atoms with Crippen LogP contribution in [-0.2, 0) is 12.3 Å². The third kappa shape index (κ3) is 3.67. The predicted molar refractivity (Wildman–Crippen MR) is 113 cm³/mol. The minimum Gasteiger partial charge on any atom is -0.342 e. The number of fused-ring (bicyclic) bond motifs is 1. The molecular weight excluding hydrogens is 358 g/mol. The molecule has 0 radical (unpaired) electrons. The normalized spacial score (nSPS) is 11.2. The van der Waals surface area contributed by atoms with Crippen LogP contribution in [0.25, 0.3) is 10.9 Å². The molecule has 0 N–H and O–H groups in total. The standard InChI is InChI=1S/C23H20ClNS/c1-17-10-12-18(13-11-17)16-26-23-15-25(22-9-5-3-7-20(22)23)14-19-6-2-4-8-21(19)24/h2-13,15H,14,16H2,1H3. The quantitative estimate of drug-likeness (QED) is 0.341. The SMILES string of the molecule is Cc1ccc(CSc2cn(Cc3ccccc3Cl)c3ccccc23)cc1. The molecule has 0 amide bonds. The first-order valence-corrected chi connectivity index (χ1v) is 10.1. The lowest BCUT2D eigenvalue weighted by atomic mass is 10.2. The highest BCUT2D eigenvalue weighted by Gasteiger charge is 2.10. The van der Waals surface area contributed by atoms with E-state index in [0.717, 1.165) is 22.9 Å². The van der Waals surface area contributed by atoms with Gasteiger partial charge in [-0.1, -0.05) is 77.8 Å². The Morgan fingerprint density at radius 1 is 0.885 bits per heavy atom. The van der Waals surface area contributed by atoms with Crippen LogP contribution in [-0.4, -0.2) is 4.57 Å². The number of benzene rings is 3. The molecule has 0 saturated heterocycles. The van der Waals surface area contributed by atoms with Gasteiger partial charge >= 0.3 is 0 Å². The van der Waals surface area contributed by atoms with Gasteiger partial charge in [0.2, 0.25) is 0 Å². The van der Waals surface area contributed by atoms with E-state index >= 15 is 0 Å². The highest BCUT2D eigenvalue weighted by Crippen LogP contribution is 2.33. The summed E-state index contributed by atoms with van der Waals surface area (Å²) < 4.78 is 2.30. The van der Waals surface area contributed by atoms with Crippen molar-refractivity contribution in [3.05, 3.63) is 101 Å². The summed E-state index contributed by atoms with van der Waals surface area (Å²) in [5.74, 6) is 0.973. The molecule has 0 aliphatic carbocycles. The molecule has 4 aromatic rings. The lowest BCUT2D eigenvalue weighted by molar-refractivity contribution is 0.830. The Kier molecular flexibility index (Phi) is 5.05. The zero-order valence-electron chi connectivity index (χ0n) is 14.7. The van der Waals surface area contributed by atoms with Crippen LogP contribution in [0.5, 0.6) is 0 Å². The molecule has 0 saturated carbocycles. The number of nitrogens with zero attached hydrogens (tertiary/aromatic N) is 1. The van der Waals surface area contributed by atoms with Gasteiger partial charge in [-0.15, -0.1) is 11.8 Å². The van der Waals surface area contributed by atoms with Gasteiger partial charge in [0.1, 0.15) is 0 Å². The van der Waals surface area contributed by atoms with Gasteiger partial charge in [-0.3, -0.25) is 0 Å². The number of thioether (sulfide) groups is 1. The van der Waals surface area contributed by atoms with Crippen LogP contribution in [0.3, 0.4) is 0 Å². The predicted octanol–water partition coefficient (Wildman–Crippen LogP) is 6.94. The first-order valence-electron chi connectivity index (χ1n) is 8.70. The number of rotatable bonds is 5. The van der Waals surface area contributed by atoms with Crippen LogP contribution in [0.2, 0.25) is 5.02 Å². The minimum atomic E-state index is 0.783. The van der Waals surface area contributed by atoms with Gasteiger partial charge in [0, 0.05) is 39.3 Å². The third-order valence-electron chi connectivity index (χ3n) is 4.57. The fourth-order valence-corrected chi connectivity index (χ4v) is 4.35. The smallest absolute Gasteiger partial charge is 0.0495 e. The zero-order chi connectivity index (χ0) is 17.9. The molecule has 130 valence electrons. The zero-order valence-corrected chi connectivity index (χ0v) is 16.2. The second-order valence-electron chi connectivity index (χ2n) is 6.50. The molecule has 3 heteroatoms. The number of halogens is 1. The number of hydrogen-bond donors (Lipinski definition) is 0. The molecular formula is C23H20ClNS. The van der Waals surface area contributed by atoms with E-state index < -0.39 is 0 Å². The van der Waals surface area contributed by atoms with Crippen LogP contribution in [0.4, 0.5) is 0 Å². The summed E-state index contributed by atoms with van der Waals surface area (Å²) in [5.41, 5.74) is 5.04. The van der Waals surface area contributed by atoms with Crippen molar-refractivity contribution in [2.45, 2.75) is 24.1 Å². The summed E-state index contributed by atoms with van der Waals surface area (Å²) in [6.45, 7) is 2.91. The fourth-order valence-electron chi connectivity index (χ4n) is 3.11. The summed E-state index contributed by atoms with van der Waals surface area (Å²) in [6.07, 6.45) is 2.26. The fraction of sp³-hybridized carbons (Fsp3) is 0.130. The second-order valence-corrected chi connectivity index (χ2v) is 7.93. The van der Waals surface area contributed by atoms with Crippen molar-refractivity contribution in [2.24, 2.45) is 0 Å². The summed E-state index contributed by atoms with van der Waals surface area (Å²) in [5, 5.41) is 2.12. The molecule has 26 heavy (non-hydrogen) atoms. The molecule has 0 aliphatic heterocycles. The number of aryl methyl sites for hydroxylation is 1. The van der Waals surface area contributed by atoms with E-state index in [9.17, 15) is 0 Å².